The van der Waals surface area contributed by atoms with Gasteiger partial charge in [0.15, 0.2) is 0 Å². The average Bonchev–Trinajstić information content (AvgIpc) is 2.39. The number of nitrogens with zero attached hydrogens (tertiary/aromatic N) is 3. The molecule has 0 radical (unpaired) electrons. The van der Waals surface area contributed by atoms with E-state index in [-0.39, 0.29) is 5.60 Å². The van der Waals surface area contributed by atoms with Crippen molar-refractivity contribution >= 4 is 5.69 Å². The van der Waals surface area contributed by atoms with Crippen molar-refractivity contribution in [2.24, 2.45) is 0 Å². The van der Waals surface area contributed by atoms with Gasteiger partial charge in [-0.1, -0.05) is 0 Å². The molecule has 2 fully saturated rings. The molecular weight excluding hydrogens is 238 g/mol. The molecule has 0 saturated carbocycles. The molecule has 1 spiro atoms. The number of aromatic nitrogens is 1. The minimum Gasteiger partial charge on any atom is -0.370 e. The number of aryl methyl sites for hydroxylation is 1. The molecule has 104 valence electrons. The molecule has 0 bridgehead atoms. The normalized spacial score (nSPS) is 28.8. The van der Waals surface area contributed by atoms with Gasteiger partial charge in [0.25, 0.3) is 0 Å². The molecule has 0 amide bonds. The number of rotatable bonds is 1. The minimum absolute atomic E-state index is 0.0239. The van der Waals surface area contributed by atoms with Crippen LogP contribution in [0.25, 0.3) is 0 Å². The Morgan fingerprint density at radius 3 is 2.89 bits per heavy atom. The van der Waals surface area contributed by atoms with Gasteiger partial charge < -0.3 is 14.5 Å². The quantitative estimate of drug-likeness (QED) is 0.769. The highest BCUT2D eigenvalue weighted by Crippen LogP contribution is 2.31. The molecule has 4 heteroatoms. The Labute approximate surface area is 115 Å². The molecule has 2 aliphatic rings. The second-order valence-electron chi connectivity index (χ2n) is 5.95. The molecular formula is C15H23N3O. The second kappa shape index (κ2) is 5.10. The summed E-state index contributed by atoms with van der Waals surface area (Å²) in [5.74, 6) is 0. The lowest BCUT2D eigenvalue weighted by Crippen LogP contribution is -2.59. The summed E-state index contributed by atoms with van der Waals surface area (Å²) in [5, 5.41) is 0. The van der Waals surface area contributed by atoms with E-state index in [2.05, 4.69) is 34.0 Å². The summed E-state index contributed by atoms with van der Waals surface area (Å²) in [6.07, 6.45) is 4.36. The highest BCUT2D eigenvalue weighted by atomic mass is 16.5. The maximum Gasteiger partial charge on any atom is 0.0983 e. The van der Waals surface area contributed by atoms with E-state index in [9.17, 15) is 0 Å². The molecule has 3 rings (SSSR count). The second-order valence-corrected chi connectivity index (χ2v) is 5.95. The molecule has 3 heterocycles. The number of morpholine rings is 1. The largest absolute Gasteiger partial charge is 0.370 e. The van der Waals surface area contributed by atoms with Gasteiger partial charge in [0.2, 0.25) is 0 Å². The number of anilines is 1. The van der Waals surface area contributed by atoms with E-state index in [1.807, 2.05) is 13.1 Å². The first-order chi connectivity index (χ1) is 9.17. The van der Waals surface area contributed by atoms with Crippen LogP contribution in [0.1, 0.15) is 18.5 Å². The summed E-state index contributed by atoms with van der Waals surface area (Å²) in [7, 11) is 2.19. The third-order valence-corrected chi connectivity index (χ3v) is 4.24. The van der Waals surface area contributed by atoms with Crippen molar-refractivity contribution in [3.8, 4) is 0 Å². The predicted octanol–water partition coefficient (Wildman–Crippen LogP) is 1.69. The van der Waals surface area contributed by atoms with E-state index in [0.29, 0.717) is 0 Å². The molecule has 0 N–H and O–H groups in total. The highest BCUT2D eigenvalue weighted by molar-refractivity contribution is 5.45. The lowest BCUT2D eigenvalue weighted by molar-refractivity contribution is -0.108. The summed E-state index contributed by atoms with van der Waals surface area (Å²) in [5.41, 5.74) is 2.32. The summed E-state index contributed by atoms with van der Waals surface area (Å²) in [4.78, 5) is 9.22. The van der Waals surface area contributed by atoms with Crippen LogP contribution >= 0.6 is 0 Å². The van der Waals surface area contributed by atoms with Crippen LogP contribution in [0.3, 0.4) is 0 Å². The molecule has 0 aliphatic carbocycles. The number of pyridine rings is 1. The van der Waals surface area contributed by atoms with Gasteiger partial charge in [-0.15, -0.1) is 0 Å². The van der Waals surface area contributed by atoms with Crippen LogP contribution in [-0.4, -0.2) is 55.3 Å². The fourth-order valence-electron chi connectivity index (χ4n) is 3.25. The molecule has 1 aromatic rings. The number of piperidine rings is 1. The lowest BCUT2D eigenvalue weighted by atomic mass is 9.90. The van der Waals surface area contributed by atoms with E-state index in [1.165, 1.54) is 18.5 Å². The van der Waals surface area contributed by atoms with Gasteiger partial charge in [-0.2, -0.15) is 0 Å². The van der Waals surface area contributed by atoms with Crippen LogP contribution in [0.4, 0.5) is 5.69 Å². The summed E-state index contributed by atoms with van der Waals surface area (Å²) < 4.78 is 6.15. The fourth-order valence-corrected chi connectivity index (χ4v) is 3.25. The van der Waals surface area contributed by atoms with Gasteiger partial charge in [-0.3, -0.25) is 4.98 Å². The molecule has 19 heavy (non-hydrogen) atoms. The van der Waals surface area contributed by atoms with E-state index < -0.39 is 0 Å². The van der Waals surface area contributed by atoms with Crippen molar-refractivity contribution in [3.05, 3.63) is 24.0 Å². The summed E-state index contributed by atoms with van der Waals surface area (Å²) in [6, 6.07) is 4.26. The first-order valence-electron chi connectivity index (χ1n) is 7.17. The van der Waals surface area contributed by atoms with E-state index in [4.69, 9.17) is 4.74 Å². The zero-order valence-corrected chi connectivity index (χ0v) is 11.9. The highest BCUT2D eigenvalue weighted by Gasteiger charge is 2.39. The Morgan fingerprint density at radius 2 is 2.16 bits per heavy atom. The van der Waals surface area contributed by atoms with Gasteiger partial charge in [-0.25, -0.2) is 0 Å². The standard InChI is InChI=1S/C15H23N3O/c1-13-4-5-14(10-16-13)18-7-3-6-15(12-18)11-17(2)8-9-19-15/h4-5,10H,3,6-9,11-12H2,1-2H3/t15-/m1/s1. The fraction of sp³-hybridized carbons (Fsp3) is 0.667. The van der Waals surface area contributed by atoms with Crippen molar-refractivity contribution in [1.82, 2.24) is 9.88 Å². The molecule has 1 aromatic heterocycles. The zero-order chi connectivity index (χ0) is 13.3. The van der Waals surface area contributed by atoms with Crippen molar-refractivity contribution in [3.63, 3.8) is 0 Å². The first kappa shape index (κ1) is 12.9. The molecule has 2 aliphatic heterocycles. The lowest BCUT2D eigenvalue weighted by Gasteiger charge is -2.47. The molecule has 2 saturated heterocycles. The minimum atomic E-state index is 0.0239. The Bertz CT molecular complexity index is 430. The predicted molar refractivity (Wildman–Crippen MR) is 76.6 cm³/mol. The Hall–Kier alpha value is -1.13. The average molecular weight is 261 g/mol. The summed E-state index contributed by atoms with van der Waals surface area (Å²) in [6.45, 7) is 7.08. The van der Waals surface area contributed by atoms with Crippen molar-refractivity contribution in [2.75, 3.05) is 44.7 Å². The third-order valence-electron chi connectivity index (χ3n) is 4.24. The maximum atomic E-state index is 6.15. The van der Waals surface area contributed by atoms with E-state index in [0.717, 1.165) is 38.5 Å². The van der Waals surface area contributed by atoms with Crippen LogP contribution in [-0.2, 0) is 4.74 Å². The van der Waals surface area contributed by atoms with Gasteiger partial charge in [0, 0.05) is 31.9 Å². The van der Waals surface area contributed by atoms with Gasteiger partial charge >= 0.3 is 0 Å². The summed E-state index contributed by atoms with van der Waals surface area (Å²) >= 11 is 0. The third kappa shape index (κ3) is 2.74. The van der Waals surface area contributed by atoms with Gasteiger partial charge in [0.1, 0.15) is 0 Å². The van der Waals surface area contributed by atoms with Gasteiger partial charge in [-0.05, 0) is 38.9 Å². The number of likely N-dealkylation sites (N-methyl/N-ethyl adjacent to an activating group) is 1. The zero-order valence-electron chi connectivity index (χ0n) is 11.9. The van der Waals surface area contributed by atoms with Crippen molar-refractivity contribution in [1.29, 1.82) is 0 Å². The SMILES string of the molecule is Cc1ccc(N2CCC[C@@]3(CN(C)CCO3)C2)cn1. The molecule has 0 aromatic carbocycles. The van der Waals surface area contributed by atoms with Crippen LogP contribution in [0.15, 0.2) is 18.3 Å². The Kier molecular flexibility index (Phi) is 3.46. The van der Waals surface area contributed by atoms with Crippen LogP contribution in [0.5, 0.6) is 0 Å². The number of hydrogen-bond acceptors (Lipinski definition) is 4. The van der Waals surface area contributed by atoms with E-state index in [1.54, 1.807) is 0 Å². The first-order valence-corrected chi connectivity index (χ1v) is 7.17. The molecule has 0 unspecified atom stereocenters. The van der Waals surface area contributed by atoms with E-state index >= 15 is 0 Å². The van der Waals surface area contributed by atoms with Gasteiger partial charge in [0.05, 0.1) is 24.1 Å². The molecule has 1 atom stereocenters. The maximum absolute atomic E-state index is 6.15. The number of ether oxygens (including phenoxy) is 1. The molecule has 4 nitrogen and oxygen atoms in total. The topological polar surface area (TPSA) is 28.6 Å². The number of hydrogen-bond donors (Lipinski definition) is 0. The Morgan fingerprint density at radius 1 is 1.26 bits per heavy atom. The van der Waals surface area contributed by atoms with Crippen molar-refractivity contribution in [2.45, 2.75) is 25.4 Å². The Balaban J connectivity index is 1.75. The van der Waals surface area contributed by atoms with Crippen molar-refractivity contribution < 1.29 is 4.74 Å². The monoisotopic (exact) mass is 261 g/mol. The smallest absolute Gasteiger partial charge is 0.0983 e. The van der Waals surface area contributed by atoms with Crippen LogP contribution in [0.2, 0.25) is 0 Å². The van der Waals surface area contributed by atoms with Crippen LogP contribution < -0.4 is 4.90 Å². The van der Waals surface area contributed by atoms with Crippen LogP contribution in [0, 0.1) is 6.92 Å².